The van der Waals surface area contributed by atoms with Crippen LogP contribution in [0.4, 0.5) is 17.6 Å². The number of rotatable bonds is 6. The maximum atomic E-state index is 5.11. The first-order valence-electron chi connectivity index (χ1n) is 9.91. The van der Waals surface area contributed by atoms with Crippen LogP contribution in [-0.4, -0.2) is 52.7 Å². The molecule has 1 N–H and O–H groups in total. The first kappa shape index (κ1) is 19.1. The van der Waals surface area contributed by atoms with Crippen molar-refractivity contribution in [3.63, 3.8) is 0 Å². The molecule has 1 fully saturated rings. The van der Waals surface area contributed by atoms with Crippen LogP contribution in [-0.2, 0) is 0 Å². The standard InChI is InChI=1S/C22H26N6O/c1-17-15-20(24-21-16-18(2)29-26-21)25-22(23-17)28-13-11-27(12-14-28)10-6-9-19-7-4-3-5-8-19/h3-9,15-16H,10-14H2,1-2H3,(H,23,24,25,26)/b9-6+. The largest absolute Gasteiger partial charge is 0.360 e. The van der Waals surface area contributed by atoms with Crippen LogP contribution in [0.25, 0.3) is 6.08 Å². The number of hydrogen-bond donors (Lipinski definition) is 1. The zero-order valence-electron chi connectivity index (χ0n) is 16.9. The highest BCUT2D eigenvalue weighted by Gasteiger charge is 2.19. The zero-order chi connectivity index (χ0) is 20.1. The number of piperazine rings is 1. The fourth-order valence-electron chi connectivity index (χ4n) is 3.35. The van der Waals surface area contributed by atoms with Crippen molar-refractivity contribution in [3.8, 4) is 0 Å². The fraction of sp³-hybridized carbons (Fsp3) is 0.318. The van der Waals surface area contributed by atoms with E-state index in [0.717, 1.165) is 55.9 Å². The summed E-state index contributed by atoms with van der Waals surface area (Å²) in [5, 5.41) is 7.17. The molecule has 29 heavy (non-hydrogen) atoms. The van der Waals surface area contributed by atoms with Gasteiger partial charge >= 0.3 is 0 Å². The minimum Gasteiger partial charge on any atom is -0.360 e. The van der Waals surface area contributed by atoms with Gasteiger partial charge in [-0.25, -0.2) is 4.98 Å². The minimum atomic E-state index is 0.654. The summed E-state index contributed by atoms with van der Waals surface area (Å²) in [7, 11) is 0. The lowest BCUT2D eigenvalue weighted by atomic mass is 10.2. The SMILES string of the molecule is Cc1cc(Nc2cc(C)on2)nc(N2CCN(C/C=C/c3ccccc3)CC2)n1. The van der Waals surface area contributed by atoms with Crippen LogP contribution in [0.1, 0.15) is 17.0 Å². The second kappa shape index (κ2) is 8.87. The molecule has 0 radical (unpaired) electrons. The zero-order valence-corrected chi connectivity index (χ0v) is 16.9. The molecule has 0 aliphatic carbocycles. The molecule has 3 heterocycles. The van der Waals surface area contributed by atoms with E-state index in [1.165, 1.54) is 5.56 Å². The van der Waals surface area contributed by atoms with Crippen molar-refractivity contribution in [1.82, 2.24) is 20.0 Å². The topological polar surface area (TPSA) is 70.3 Å². The van der Waals surface area contributed by atoms with Crippen LogP contribution in [0.3, 0.4) is 0 Å². The van der Waals surface area contributed by atoms with Crippen LogP contribution >= 0.6 is 0 Å². The summed E-state index contributed by atoms with van der Waals surface area (Å²) in [6, 6.07) is 14.2. The van der Waals surface area contributed by atoms with Crippen LogP contribution < -0.4 is 10.2 Å². The van der Waals surface area contributed by atoms with E-state index in [4.69, 9.17) is 4.52 Å². The number of benzene rings is 1. The molecular formula is C22H26N6O. The van der Waals surface area contributed by atoms with Gasteiger partial charge in [0.05, 0.1) is 0 Å². The average molecular weight is 390 g/mol. The first-order chi connectivity index (χ1) is 14.2. The van der Waals surface area contributed by atoms with Crippen LogP contribution in [0.2, 0.25) is 0 Å². The Morgan fingerprint density at radius 2 is 1.79 bits per heavy atom. The maximum absolute atomic E-state index is 5.11. The van der Waals surface area contributed by atoms with Gasteiger partial charge in [-0.3, -0.25) is 4.90 Å². The van der Waals surface area contributed by atoms with Gasteiger partial charge in [0.15, 0.2) is 5.82 Å². The third kappa shape index (κ3) is 5.20. The summed E-state index contributed by atoms with van der Waals surface area (Å²) < 4.78 is 5.11. The van der Waals surface area contributed by atoms with Gasteiger partial charge in [0.2, 0.25) is 5.95 Å². The summed E-state index contributed by atoms with van der Waals surface area (Å²) in [4.78, 5) is 14.0. The second-order valence-electron chi connectivity index (χ2n) is 7.24. The Hall–Kier alpha value is -3.19. The molecular weight excluding hydrogens is 364 g/mol. The Balaban J connectivity index is 1.34. The smallest absolute Gasteiger partial charge is 0.227 e. The number of aryl methyl sites for hydroxylation is 2. The molecule has 7 heteroatoms. The van der Waals surface area contributed by atoms with Gasteiger partial charge in [0.25, 0.3) is 0 Å². The van der Waals surface area contributed by atoms with E-state index in [1.807, 2.05) is 32.0 Å². The summed E-state index contributed by atoms with van der Waals surface area (Å²) in [5.74, 6) is 2.90. The quantitative estimate of drug-likeness (QED) is 0.689. The number of hydrogen-bond acceptors (Lipinski definition) is 7. The number of anilines is 3. The van der Waals surface area contributed by atoms with Crippen molar-refractivity contribution in [2.24, 2.45) is 0 Å². The molecule has 1 aliphatic heterocycles. The van der Waals surface area contributed by atoms with Gasteiger partial charge in [-0.05, 0) is 19.4 Å². The van der Waals surface area contributed by atoms with Gasteiger partial charge in [0.1, 0.15) is 11.6 Å². The number of nitrogens with zero attached hydrogens (tertiary/aromatic N) is 5. The normalized spacial score (nSPS) is 15.2. The highest BCUT2D eigenvalue weighted by Crippen LogP contribution is 2.19. The third-order valence-corrected chi connectivity index (χ3v) is 4.86. The highest BCUT2D eigenvalue weighted by atomic mass is 16.5. The van der Waals surface area contributed by atoms with E-state index in [-0.39, 0.29) is 0 Å². The summed E-state index contributed by atoms with van der Waals surface area (Å²) in [6.07, 6.45) is 4.41. The molecule has 7 nitrogen and oxygen atoms in total. The predicted octanol–water partition coefficient (Wildman–Crippen LogP) is 3.66. The van der Waals surface area contributed by atoms with Crippen molar-refractivity contribution in [3.05, 3.63) is 65.6 Å². The van der Waals surface area contributed by atoms with E-state index >= 15 is 0 Å². The van der Waals surface area contributed by atoms with Gasteiger partial charge in [-0.1, -0.05) is 47.6 Å². The van der Waals surface area contributed by atoms with E-state index in [1.54, 1.807) is 0 Å². The lowest BCUT2D eigenvalue weighted by Crippen LogP contribution is -2.47. The van der Waals surface area contributed by atoms with Gasteiger partial charge < -0.3 is 14.7 Å². The molecule has 1 aliphatic rings. The van der Waals surface area contributed by atoms with Crippen molar-refractivity contribution in [1.29, 1.82) is 0 Å². The molecule has 0 spiro atoms. The lowest BCUT2D eigenvalue weighted by molar-refractivity contribution is 0.283. The van der Waals surface area contributed by atoms with Gasteiger partial charge in [0, 0.05) is 50.6 Å². The maximum Gasteiger partial charge on any atom is 0.227 e. The Bertz CT molecular complexity index is 960. The third-order valence-electron chi connectivity index (χ3n) is 4.86. The number of nitrogens with one attached hydrogen (secondary N) is 1. The van der Waals surface area contributed by atoms with E-state index in [2.05, 4.69) is 66.7 Å². The molecule has 2 aromatic heterocycles. The molecule has 0 saturated carbocycles. The summed E-state index contributed by atoms with van der Waals surface area (Å²) in [6.45, 7) is 8.59. The summed E-state index contributed by atoms with van der Waals surface area (Å²) in [5.41, 5.74) is 2.16. The Labute approximate surface area is 171 Å². The molecule has 150 valence electrons. The van der Waals surface area contributed by atoms with Crippen LogP contribution in [0.5, 0.6) is 0 Å². The average Bonchev–Trinajstić information content (AvgIpc) is 3.13. The molecule has 0 amide bonds. The summed E-state index contributed by atoms with van der Waals surface area (Å²) >= 11 is 0. The van der Waals surface area contributed by atoms with Crippen molar-refractivity contribution >= 4 is 23.7 Å². The molecule has 1 saturated heterocycles. The van der Waals surface area contributed by atoms with Crippen molar-refractivity contribution in [2.75, 3.05) is 42.9 Å². The van der Waals surface area contributed by atoms with Crippen LogP contribution in [0, 0.1) is 13.8 Å². The lowest BCUT2D eigenvalue weighted by Gasteiger charge is -2.34. The van der Waals surface area contributed by atoms with E-state index in [0.29, 0.717) is 5.82 Å². The first-order valence-corrected chi connectivity index (χ1v) is 9.91. The van der Waals surface area contributed by atoms with Crippen molar-refractivity contribution < 1.29 is 4.52 Å². The Morgan fingerprint density at radius 1 is 1.00 bits per heavy atom. The molecule has 0 atom stereocenters. The fourth-order valence-corrected chi connectivity index (χ4v) is 3.35. The Kier molecular flexibility index (Phi) is 5.86. The second-order valence-corrected chi connectivity index (χ2v) is 7.24. The predicted molar refractivity (Wildman–Crippen MR) is 115 cm³/mol. The molecule has 4 rings (SSSR count). The number of aromatic nitrogens is 3. The molecule has 0 unspecified atom stereocenters. The molecule has 3 aromatic rings. The van der Waals surface area contributed by atoms with Gasteiger partial charge in [-0.15, -0.1) is 0 Å². The minimum absolute atomic E-state index is 0.654. The van der Waals surface area contributed by atoms with Crippen molar-refractivity contribution in [2.45, 2.75) is 13.8 Å². The van der Waals surface area contributed by atoms with E-state index in [9.17, 15) is 0 Å². The highest BCUT2D eigenvalue weighted by molar-refractivity contribution is 5.54. The van der Waals surface area contributed by atoms with E-state index < -0.39 is 0 Å². The monoisotopic (exact) mass is 390 g/mol. The molecule has 0 bridgehead atoms. The van der Waals surface area contributed by atoms with Gasteiger partial charge in [-0.2, -0.15) is 4.98 Å². The van der Waals surface area contributed by atoms with Crippen LogP contribution in [0.15, 0.2) is 53.1 Å². The Morgan fingerprint density at radius 3 is 2.52 bits per heavy atom. The molecule has 1 aromatic carbocycles.